The van der Waals surface area contributed by atoms with E-state index < -0.39 is 0 Å². The van der Waals surface area contributed by atoms with Crippen molar-refractivity contribution < 1.29 is 4.79 Å². The average Bonchev–Trinajstić information content (AvgIpc) is 3.04. The van der Waals surface area contributed by atoms with Crippen molar-refractivity contribution in [2.45, 2.75) is 31.7 Å². The van der Waals surface area contributed by atoms with Crippen molar-refractivity contribution >= 4 is 51.5 Å². The highest BCUT2D eigenvalue weighted by Gasteiger charge is 2.20. The molecule has 7 nitrogen and oxygen atoms in total. The quantitative estimate of drug-likeness (QED) is 0.496. The summed E-state index contributed by atoms with van der Waals surface area (Å²) in [6, 6.07) is 7.42. The van der Waals surface area contributed by atoms with E-state index in [-0.39, 0.29) is 5.91 Å². The minimum atomic E-state index is -0.0795. The number of hydrogen-bond acceptors (Lipinski definition) is 8. The summed E-state index contributed by atoms with van der Waals surface area (Å²) in [6.07, 6.45) is 0. The fourth-order valence-corrected chi connectivity index (χ4v) is 4.27. The highest BCUT2D eigenvalue weighted by molar-refractivity contribution is 7.98. The number of nitrogens with two attached hydrogens (primary N) is 2. The van der Waals surface area contributed by atoms with Gasteiger partial charge in [-0.25, -0.2) is 15.0 Å². The number of thioether (sulfide) groups is 1. The van der Waals surface area contributed by atoms with E-state index in [0.29, 0.717) is 27.7 Å². The van der Waals surface area contributed by atoms with Crippen molar-refractivity contribution in [3.05, 3.63) is 46.5 Å². The average molecular weight is 401 g/mol. The van der Waals surface area contributed by atoms with Gasteiger partial charge in [-0.15, -0.1) is 11.3 Å². The summed E-state index contributed by atoms with van der Waals surface area (Å²) in [6.45, 7) is 5.58. The first-order chi connectivity index (χ1) is 12.8. The fraction of sp³-hybridized carbons (Fsp3) is 0.222. The molecule has 4 N–H and O–H groups in total. The molecular formula is C18H20N6OS2. The molecule has 0 aliphatic heterocycles. The van der Waals surface area contributed by atoms with Crippen molar-refractivity contribution in [1.29, 1.82) is 0 Å². The van der Waals surface area contributed by atoms with Crippen molar-refractivity contribution in [1.82, 2.24) is 15.0 Å². The molecule has 140 valence electrons. The number of rotatable bonds is 5. The van der Waals surface area contributed by atoms with Crippen LogP contribution in [-0.2, 0) is 10.5 Å². The van der Waals surface area contributed by atoms with Gasteiger partial charge in [0.2, 0.25) is 5.91 Å². The number of carbonyl (C=O) groups excluding carboxylic acids is 1. The van der Waals surface area contributed by atoms with E-state index >= 15 is 0 Å². The molecule has 2 aromatic heterocycles. The number of amides is 1. The van der Waals surface area contributed by atoms with E-state index in [1.165, 1.54) is 29.2 Å². The van der Waals surface area contributed by atoms with E-state index in [0.717, 1.165) is 22.5 Å². The van der Waals surface area contributed by atoms with E-state index in [9.17, 15) is 4.79 Å². The molecule has 1 aromatic carbocycles. The SMILES string of the molecule is CC(=O)N(c1nc(CSc2nc(N)cc(N)n2)cs1)c1cccc(C)c1C. The van der Waals surface area contributed by atoms with Gasteiger partial charge in [0, 0.05) is 24.1 Å². The molecule has 9 heteroatoms. The summed E-state index contributed by atoms with van der Waals surface area (Å²) in [5, 5.41) is 3.07. The zero-order valence-electron chi connectivity index (χ0n) is 15.3. The van der Waals surface area contributed by atoms with E-state index in [2.05, 4.69) is 15.0 Å². The Labute approximate surface area is 165 Å². The number of nitrogen functional groups attached to an aromatic ring is 2. The normalized spacial score (nSPS) is 10.8. The van der Waals surface area contributed by atoms with Gasteiger partial charge in [0.15, 0.2) is 10.3 Å². The Balaban J connectivity index is 1.82. The van der Waals surface area contributed by atoms with Crippen LogP contribution in [0.15, 0.2) is 34.8 Å². The molecule has 0 saturated carbocycles. The molecule has 0 fully saturated rings. The topological polar surface area (TPSA) is 111 Å². The zero-order chi connectivity index (χ0) is 19.6. The highest BCUT2D eigenvalue weighted by atomic mass is 32.2. The van der Waals surface area contributed by atoms with Crippen molar-refractivity contribution in [2.24, 2.45) is 0 Å². The third kappa shape index (κ3) is 4.37. The maximum Gasteiger partial charge on any atom is 0.230 e. The Hall–Kier alpha value is -2.65. The first-order valence-corrected chi connectivity index (χ1v) is 10.1. The van der Waals surface area contributed by atoms with Crippen molar-refractivity contribution in [3.8, 4) is 0 Å². The number of aryl methyl sites for hydroxylation is 1. The number of anilines is 4. The van der Waals surface area contributed by atoms with Crippen LogP contribution in [-0.4, -0.2) is 20.9 Å². The van der Waals surface area contributed by atoms with Gasteiger partial charge in [-0.1, -0.05) is 23.9 Å². The number of hydrogen-bond donors (Lipinski definition) is 2. The third-order valence-electron chi connectivity index (χ3n) is 3.96. The van der Waals surface area contributed by atoms with Gasteiger partial charge >= 0.3 is 0 Å². The predicted octanol–water partition coefficient (Wildman–Crippen LogP) is 3.69. The molecule has 0 bridgehead atoms. The minimum absolute atomic E-state index is 0.0795. The van der Waals surface area contributed by atoms with Gasteiger partial charge in [0.25, 0.3) is 0 Å². The Morgan fingerprint density at radius 2 is 1.89 bits per heavy atom. The molecule has 0 spiro atoms. The summed E-state index contributed by atoms with van der Waals surface area (Å²) in [4.78, 5) is 26.9. The highest BCUT2D eigenvalue weighted by Crippen LogP contribution is 2.33. The molecule has 0 saturated heterocycles. The van der Waals surface area contributed by atoms with Gasteiger partial charge in [-0.3, -0.25) is 9.69 Å². The van der Waals surface area contributed by atoms with Gasteiger partial charge in [0.05, 0.1) is 11.4 Å². The van der Waals surface area contributed by atoms with Crippen LogP contribution in [0.25, 0.3) is 0 Å². The second-order valence-corrected chi connectivity index (χ2v) is 7.76. The standard InChI is InChI=1S/C18H20N6OS2/c1-10-5-4-6-14(11(10)2)24(12(3)25)18-21-13(9-27-18)8-26-17-22-15(19)7-16(20)23-17/h4-7,9H,8H2,1-3H3,(H4,19,20,22,23). The Morgan fingerprint density at radius 1 is 1.19 bits per heavy atom. The van der Waals surface area contributed by atoms with Crippen molar-refractivity contribution in [2.75, 3.05) is 16.4 Å². The fourth-order valence-electron chi connectivity index (χ4n) is 2.52. The number of carbonyl (C=O) groups is 1. The lowest BCUT2D eigenvalue weighted by molar-refractivity contribution is -0.115. The Morgan fingerprint density at radius 3 is 2.56 bits per heavy atom. The molecule has 1 amide bonds. The number of thiazole rings is 1. The summed E-state index contributed by atoms with van der Waals surface area (Å²) in [7, 11) is 0. The van der Waals surface area contributed by atoms with E-state index in [4.69, 9.17) is 11.5 Å². The van der Waals surface area contributed by atoms with Gasteiger partial charge in [-0.2, -0.15) is 0 Å². The van der Waals surface area contributed by atoms with Crippen LogP contribution in [0.2, 0.25) is 0 Å². The molecule has 3 aromatic rings. The monoisotopic (exact) mass is 400 g/mol. The van der Waals surface area contributed by atoms with Crippen LogP contribution in [0.3, 0.4) is 0 Å². The molecule has 3 rings (SSSR count). The largest absolute Gasteiger partial charge is 0.383 e. The first-order valence-electron chi connectivity index (χ1n) is 8.19. The molecule has 0 radical (unpaired) electrons. The molecule has 0 aliphatic carbocycles. The summed E-state index contributed by atoms with van der Waals surface area (Å²) in [5.74, 6) is 1.14. The van der Waals surface area contributed by atoms with Crippen LogP contribution >= 0.6 is 23.1 Å². The molecule has 2 heterocycles. The van der Waals surface area contributed by atoms with Gasteiger partial charge in [0.1, 0.15) is 11.6 Å². The third-order valence-corrected chi connectivity index (χ3v) is 5.71. The van der Waals surface area contributed by atoms with Crippen LogP contribution in [0, 0.1) is 13.8 Å². The minimum Gasteiger partial charge on any atom is -0.383 e. The van der Waals surface area contributed by atoms with Gasteiger partial charge in [-0.05, 0) is 31.0 Å². The lowest BCUT2D eigenvalue weighted by atomic mass is 10.1. The number of nitrogens with zero attached hydrogens (tertiary/aromatic N) is 4. The van der Waals surface area contributed by atoms with Crippen molar-refractivity contribution in [3.63, 3.8) is 0 Å². The molecule has 0 atom stereocenters. The predicted molar refractivity (Wildman–Crippen MR) is 111 cm³/mol. The maximum absolute atomic E-state index is 12.3. The van der Waals surface area contributed by atoms with Crippen LogP contribution in [0.5, 0.6) is 0 Å². The summed E-state index contributed by atoms with van der Waals surface area (Å²) < 4.78 is 0. The maximum atomic E-state index is 12.3. The summed E-state index contributed by atoms with van der Waals surface area (Å²) in [5.41, 5.74) is 15.3. The molecule has 0 aliphatic rings. The van der Waals surface area contributed by atoms with Crippen LogP contribution in [0.1, 0.15) is 23.7 Å². The lowest BCUT2D eigenvalue weighted by Crippen LogP contribution is -2.23. The Kier molecular flexibility index (Phi) is 5.62. The molecule has 0 unspecified atom stereocenters. The van der Waals surface area contributed by atoms with E-state index in [1.807, 2.05) is 37.4 Å². The second kappa shape index (κ2) is 7.93. The van der Waals surface area contributed by atoms with Crippen LogP contribution < -0.4 is 16.4 Å². The Bertz CT molecular complexity index is 967. The summed E-state index contributed by atoms with van der Waals surface area (Å²) >= 11 is 2.82. The zero-order valence-corrected chi connectivity index (χ0v) is 16.9. The van der Waals surface area contributed by atoms with Gasteiger partial charge < -0.3 is 11.5 Å². The second-order valence-electron chi connectivity index (χ2n) is 5.98. The molecule has 27 heavy (non-hydrogen) atoms. The van der Waals surface area contributed by atoms with E-state index in [1.54, 1.807) is 11.8 Å². The lowest BCUT2D eigenvalue weighted by Gasteiger charge is -2.21. The van der Waals surface area contributed by atoms with Crippen LogP contribution in [0.4, 0.5) is 22.5 Å². The number of aromatic nitrogens is 3. The molecular weight excluding hydrogens is 380 g/mol. The smallest absolute Gasteiger partial charge is 0.230 e. The number of benzene rings is 1. The first kappa shape index (κ1) is 19.1.